The Morgan fingerprint density at radius 2 is 1.52 bits per heavy atom. The van der Waals surface area contributed by atoms with E-state index in [1.165, 1.54) is 36.4 Å². The smallest absolute Gasteiger partial charge is 0.195 e. The number of fused-ring (bicyclic) bond motifs is 1. The molecule has 0 nitrogen and oxygen atoms in total. The fourth-order valence-electron chi connectivity index (χ4n) is 3.64. The summed E-state index contributed by atoms with van der Waals surface area (Å²) in [5.41, 5.74) is 2.08. The Labute approximate surface area is 188 Å². The first-order valence-electron chi connectivity index (χ1n) is 10.5. The molecule has 0 heterocycles. The van der Waals surface area contributed by atoms with Gasteiger partial charge in [-0.3, -0.25) is 0 Å². The average Bonchev–Trinajstić information content (AvgIpc) is 2.80. The molecule has 5 heteroatoms. The molecule has 0 aromatic heterocycles. The van der Waals surface area contributed by atoms with Crippen molar-refractivity contribution in [1.29, 1.82) is 0 Å². The maximum atomic E-state index is 14.7. The zero-order chi connectivity index (χ0) is 23.5. The Morgan fingerprint density at radius 1 is 0.697 bits per heavy atom. The number of halogens is 5. The van der Waals surface area contributed by atoms with E-state index >= 15 is 0 Å². The second kappa shape index (κ2) is 9.46. The zero-order valence-corrected chi connectivity index (χ0v) is 17.8. The van der Waals surface area contributed by atoms with E-state index in [0.29, 0.717) is 16.7 Å². The topological polar surface area (TPSA) is 0 Å². The van der Waals surface area contributed by atoms with Gasteiger partial charge >= 0.3 is 0 Å². The van der Waals surface area contributed by atoms with Crippen LogP contribution in [0.2, 0.25) is 0 Å². The number of hydrogen-bond acceptors (Lipinski definition) is 0. The number of aryl methyl sites for hydroxylation is 1. The van der Waals surface area contributed by atoms with Crippen molar-refractivity contribution in [2.75, 3.05) is 0 Å². The molecule has 0 atom stereocenters. The molecule has 4 aromatic rings. The molecule has 0 aliphatic carbocycles. The van der Waals surface area contributed by atoms with Gasteiger partial charge in [-0.25, -0.2) is 22.0 Å². The highest BCUT2D eigenvalue weighted by Crippen LogP contribution is 2.27. The first-order valence-corrected chi connectivity index (χ1v) is 10.5. The van der Waals surface area contributed by atoms with Crippen LogP contribution >= 0.6 is 0 Å². The van der Waals surface area contributed by atoms with E-state index < -0.39 is 29.1 Å². The van der Waals surface area contributed by atoms with E-state index in [-0.39, 0.29) is 16.3 Å². The number of benzene rings is 4. The molecule has 0 spiro atoms. The van der Waals surface area contributed by atoms with E-state index in [2.05, 4.69) is 18.8 Å². The van der Waals surface area contributed by atoms with Gasteiger partial charge < -0.3 is 0 Å². The van der Waals surface area contributed by atoms with E-state index in [9.17, 15) is 22.0 Å². The third kappa shape index (κ3) is 4.75. The molecule has 0 amide bonds. The van der Waals surface area contributed by atoms with Crippen LogP contribution in [0.5, 0.6) is 0 Å². The van der Waals surface area contributed by atoms with Crippen molar-refractivity contribution in [2.24, 2.45) is 0 Å². The highest BCUT2D eigenvalue weighted by molar-refractivity contribution is 5.84. The van der Waals surface area contributed by atoms with Crippen molar-refractivity contribution in [3.05, 3.63) is 106 Å². The monoisotopic (exact) mass is 450 g/mol. The van der Waals surface area contributed by atoms with Crippen molar-refractivity contribution >= 4 is 10.8 Å². The van der Waals surface area contributed by atoms with Crippen LogP contribution in [0.4, 0.5) is 22.0 Å². The van der Waals surface area contributed by atoms with Gasteiger partial charge in [0.05, 0.1) is 5.56 Å². The SMILES string of the molecule is CCCCc1ccc(-c2ccc(C#Cc3ccc4c(F)c(F)c(F)cc4c3)c(F)c2)c(F)c1. The number of unbranched alkanes of at least 4 members (excludes halogenated alkanes) is 1. The normalized spacial score (nSPS) is 10.8. The third-order valence-electron chi connectivity index (χ3n) is 5.45. The average molecular weight is 450 g/mol. The third-order valence-corrected chi connectivity index (χ3v) is 5.45. The lowest BCUT2D eigenvalue weighted by atomic mass is 9.99. The largest absolute Gasteiger partial charge is 0.206 e. The Hall–Kier alpha value is -3.65. The quantitative estimate of drug-likeness (QED) is 0.168. The molecule has 0 aliphatic rings. The first-order chi connectivity index (χ1) is 15.9. The maximum Gasteiger partial charge on any atom is 0.195 e. The van der Waals surface area contributed by atoms with Gasteiger partial charge in [-0.2, -0.15) is 0 Å². The predicted molar refractivity (Wildman–Crippen MR) is 120 cm³/mol. The van der Waals surface area contributed by atoms with Gasteiger partial charge in [0.25, 0.3) is 0 Å². The lowest BCUT2D eigenvalue weighted by Gasteiger charge is -2.07. The van der Waals surface area contributed by atoms with Gasteiger partial charge in [0.1, 0.15) is 11.6 Å². The highest BCUT2D eigenvalue weighted by Gasteiger charge is 2.13. The minimum Gasteiger partial charge on any atom is -0.206 e. The molecule has 166 valence electrons. The minimum absolute atomic E-state index is 0.0716. The minimum atomic E-state index is -1.53. The summed E-state index contributed by atoms with van der Waals surface area (Å²) in [5.74, 6) is 0.305. The van der Waals surface area contributed by atoms with Crippen molar-refractivity contribution in [3.63, 3.8) is 0 Å². The van der Waals surface area contributed by atoms with Gasteiger partial charge in [0.2, 0.25) is 0 Å². The standard InChI is InChI=1S/C28H19F5/c1-2-3-4-17-6-11-22(25(30)14-17)20-10-9-19(24(29)15-20)8-5-18-7-12-23-21(13-18)16-26(31)28(33)27(23)32/h6-7,9-16H,2-4H2,1H3. The first kappa shape index (κ1) is 22.5. The zero-order valence-electron chi connectivity index (χ0n) is 17.8. The van der Waals surface area contributed by atoms with Crippen molar-refractivity contribution in [3.8, 4) is 23.0 Å². The summed E-state index contributed by atoms with van der Waals surface area (Å²) in [6.45, 7) is 2.07. The van der Waals surface area contributed by atoms with Crippen LogP contribution in [0.15, 0.2) is 60.7 Å². The summed E-state index contributed by atoms with van der Waals surface area (Å²) in [7, 11) is 0. The van der Waals surface area contributed by atoms with Crippen LogP contribution in [0.3, 0.4) is 0 Å². The Bertz CT molecular complexity index is 1410. The molecular formula is C28H19F5. The molecular weight excluding hydrogens is 431 g/mol. The molecule has 0 fully saturated rings. The van der Waals surface area contributed by atoms with Crippen molar-refractivity contribution in [2.45, 2.75) is 26.2 Å². The van der Waals surface area contributed by atoms with Gasteiger partial charge in [-0.05, 0) is 65.8 Å². The lowest BCUT2D eigenvalue weighted by molar-refractivity contribution is 0.453. The maximum absolute atomic E-state index is 14.7. The van der Waals surface area contributed by atoms with Crippen LogP contribution in [0, 0.1) is 40.9 Å². The molecule has 0 aliphatic heterocycles. The van der Waals surface area contributed by atoms with E-state index in [0.717, 1.165) is 30.9 Å². The van der Waals surface area contributed by atoms with Crippen LogP contribution in [0.25, 0.3) is 21.9 Å². The Kier molecular flexibility index (Phi) is 6.46. The van der Waals surface area contributed by atoms with Crippen LogP contribution in [0.1, 0.15) is 36.5 Å². The number of rotatable bonds is 4. The van der Waals surface area contributed by atoms with E-state index in [1.54, 1.807) is 12.1 Å². The summed E-state index contributed by atoms with van der Waals surface area (Å²) in [6.07, 6.45) is 2.78. The predicted octanol–water partition coefficient (Wildman–Crippen LogP) is 7.94. The van der Waals surface area contributed by atoms with Gasteiger partial charge in [-0.1, -0.05) is 49.5 Å². The molecule has 0 bridgehead atoms. The summed E-state index contributed by atoms with van der Waals surface area (Å²) >= 11 is 0. The van der Waals surface area contributed by atoms with E-state index in [4.69, 9.17) is 0 Å². The lowest BCUT2D eigenvalue weighted by Crippen LogP contribution is -1.93. The van der Waals surface area contributed by atoms with Crippen LogP contribution in [-0.2, 0) is 6.42 Å². The van der Waals surface area contributed by atoms with Crippen molar-refractivity contribution < 1.29 is 22.0 Å². The fourth-order valence-corrected chi connectivity index (χ4v) is 3.64. The Morgan fingerprint density at radius 3 is 2.24 bits per heavy atom. The molecule has 4 aromatic carbocycles. The van der Waals surface area contributed by atoms with Crippen LogP contribution < -0.4 is 0 Å². The van der Waals surface area contributed by atoms with Crippen molar-refractivity contribution in [1.82, 2.24) is 0 Å². The summed E-state index contributed by atoms with van der Waals surface area (Å²) in [5, 5.41) is 0.0737. The molecule has 0 saturated heterocycles. The van der Waals surface area contributed by atoms with E-state index in [1.807, 2.05) is 6.07 Å². The molecule has 0 radical (unpaired) electrons. The molecule has 0 saturated carbocycles. The van der Waals surface area contributed by atoms with Gasteiger partial charge in [0, 0.05) is 16.5 Å². The van der Waals surface area contributed by atoms with Gasteiger partial charge in [0.15, 0.2) is 17.5 Å². The Balaban J connectivity index is 1.61. The molecule has 0 unspecified atom stereocenters. The van der Waals surface area contributed by atoms with Gasteiger partial charge in [-0.15, -0.1) is 0 Å². The molecule has 33 heavy (non-hydrogen) atoms. The summed E-state index contributed by atoms with van der Waals surface area (Å²) in [4.78, 5) is 0. The summed E-state index contributed by atoms with van der Waals surface area (Å²) < 4.78 is 69.9. The second-order valence-corrected chi connectivity index (χ2v) is 7.78. The molecule has 0 N–H and O–H groups in total. The highest BCUT2D eigenvalue weighted by atomic mass is 19.2. The van der Waals surface area contributed by atoms with Crippen LogP contribution in [-0.4, -0.2) is 0 Å². The summed E-state index contributed by atoms with van der Waals surface area (Å²) in [6, 6.07) is 14.3. The molecule has 4 rings (SSSR count). The second-order valence-electron chi connectivity index (χ2n) is 7.78. The number of hydrogen-bond donors (Lipinski definition) is 0. The fraction of sp³-hybridized carbons (Fsp3) is 0.143.